The number of benzene rings is 2. The molecule has 2 aliphatic rings. The highest BCUT2D eigenvalue weighted by atomic mass is 16.5. The lowest BCUT2D eigenvalue weighted by molar-refractivity contribution is -0.145. The van der Waals surface area contributed by atoms with Gasteiger partial charge in [0.1, 0.15) is 29.5 Å². The van der Waals surface area contributed by atoms with Crippen molar-refractivity contribution in [2.75, 3.05) is 13.7 Å². The van der Waals surface area contributed by atoms with Gasteiger partial charge in [0.15, 0.2) is 11.6 Å². The molecular weight excluding hydrogens is 396 g/mol. The lowest BCUT2D eigenvalue weighted by Gasteiger charge is -2.36. The molecule has 0 bridgehead atoms. The second-order valence-corrected chi connectivity index (χ2v) is 7.39. The summed E-state index contributed by atoms with van der Waals surface area (Å²) in [5.74, 6) is -3.83. The molecule has 0 amide bonds. The standard InChI is InChI=1S/C21H18O9/c1-30-11-4-2-3-8-14(11)20(28)16-15(17(8)25)18(26)9-5-21(29,12(24)7-22)6-10(23)13(9)19(16)27/h2-4,10,22-23,26-27,29H,5-7H2,1H3/t10?,21-/m0/s1. The van der Waals surface area contributed by atoms with Gasteiger partial charge in [-0.2, -0.15) is 0 Å². The summed E-state index contributed by atoms with van der Waals surface area (Å²) in [5, 5.41) is 51.9. The van der Waals surface area contributed by atoms with Gasteiger partial charge in [-0.1, -0.05) is 12.1 Å². The number of carbonyl (C=O) groups is 3. The maximum absolute atomic E-state index is 13.2. The van der Waals surface area contributed by atoms with E-state index in [9.17, 15) is 34.8 Å². The summed E-state index contributed by atoms with van der Waals surface area (Å²) in [5.41, 5.74) is -3.77. The van der Waals surface area contributed by atoms with Crippen LogP contribution in [0.25, 0.3) is 0 Å². The summed E-state index contributed by atoms with van der Waals surface area (Å²) in [4.78, 5) is 38.3. The Morgan fingerprint density at radius 2 is 1.80 bits per heavy atom. The normalized spacial score (nSPS) is 22.2. The predicted octanol–water partition coefficient (Wildman–Crippen LogP) is 0.154. The summed E-state index contributed by atoms with van der Waals surface area (Å²) in [6, 6.07) is 4.34. The Hall–Kier alpha value is -3.27. The van der Waals surface area contributed by atoms with E-state index in [1.165, 1.54) is 25.3 Å². The minimum atomic E-state index is -2.21. The van der Waals surface area contributed by atoms with E-state index in [2.05, 4.69) is 0 Å². The average molecular weight is 414 g/mol. The monoisotopic (exact) mass is 414 g/mol. The average Bonchev–Trinajstić information content (AvgIpc) is 2.72. The van der Waals surface area contributed by atoms with Gasteiger partial charge in [0, 0.05) is 29.5 Å². The lowest BCUT2D eigenvalue weighted by atomic mass is 9.72. The first kappa shape index (κ1) is 20.0. The van der Waals surface area contributed by atoms with Gasteiger partial charge in [0.25, 0.3) is 0 Å². The fourth-order valence-electron chi connectivity index (χ4n) is 4.30. The molecule has 0 radical (unpaired) electrons. The number of aliphatic hydroxyl groups excluding tert-OH is 2. The first-order chi connectivity index (χ1) is 14.2. The highest BCUT2D eigenvalue weighted by Gasteiger charge is 2.48. The van der Waals surface area contributed by atoms with Crippen LogP contribution in [0.15, 0.2) is 18.2 Å². The molecule has 0 aliphatic heterocycles. The summed E-state index contributed by atoms with van der Waals surface area (Å²) < 4.78 is 5.16. The van der Waals surface area contributed by atoms with E-state index in [-0.39, 0.29) is 28.0 Å². The Balaban J connectivity index is 2.01. The number of Topliss-reactive ketones (excluding diaryl/α,β-unsaturated/α-hetero) is 1. The third-order valence-electron chi connectivity index (χ3n) is 5.76. The van der Waals surface area contributed by atoms with E-state index in [0.717, 1.165) is 0 Å². The molecule has 2 aromatic rings. The van der Waals surface area contributed by atoms with Crippen molar-refractivity contribution in [3.05, 3.63) is 51.6 Å². The molecule has 0 saturated heterocycles. The molecular formula is C21H18O9. The second-order valence-electron chi connectivity index (χ2n) is 7.39. The molecule has 0 aromatic heterocycles. The van der Waals surface area contributed by atoms with E-state index in [1.807, 2.05) is 0 Å². The quantitative estimate of drug-likeness (QED) is 0.376. The van der Waals surface area contributed by atoms with Crippen LogP contribution in [0.3, 0.4) is 0 Å². The van der Waals surface area contributed by atoms with Crippen LogP contribution in [-0.4, -0.2) is 62.2 Å². The summed E-state index contributed by atoms with van der Waals surface area (Å²) >= 11 is 0. The number of ketones is 3. The SMILES string of the molecule is COc1cccc2c1C(=O)c1c(O)c3c(c(O)c1C2=O)C[C@@](O)(C(=O)CO)CC3O. The van der Waals surface area contributed by atoms with E-state index in [4.69, 9.17) is 9.84 Å². The molecule has 0 spiro atoms. The Kier molecular flexibility index (Phi) is 4.42. The van der Waals surface area contributed by atoms with Crippen molar-refractivity contribution in [1.29, 1.82) is 0 Å². The van der Waals surface area contributed by atoms with E-state index in [0.29, 0.717) is 0 Å². The van der Waals surface area contributed by atoms with Crippen LogP contribution in [-0.2, 0) is 11.2 Å². The third-order valence-corrected chi connectivity index (χ3v) is 5.76. The number of aliphatic hydroxyl groups is 3. The number of rotatable bonds is 3. The minimum Gasteiger partial charge on any atom is -0.507 e. The molecule has 0 fully saturated rings. The molecule has 156 valence electrons. The van der Waals surface area contributed by atoms with E-state index < -0.39 is 71.1 Å². The number of hydrogen-bond acceptors (Lipinski definition) is 9. The smallest absolute Gasteiger partial charge is 0.202 e. The van der Waals surface area contributed by atoms with Crippen molar-refractivity contribution in [1.82, 2.24) is 0 Å². The molecule has 2 aliphatic carbocycles. The minimum absolute atomic E-state index is 0.0421. The van der Waals surface area contributed by atoms with Crippen LogP contribution in [0.1, 0.15) is 55.5 Å². The molecule has 4 rings (SSSR count). The van der Waals surface area contributed by atoms with Gasteiger partial charge >= 0.3 is 0 Å². The van der Waals surface area contributed by atoms with Gasteiger partial charge in [0.2, 0.25) is 5.78 Å². The van der Waals surface area contributed by atoms with Crippen molar-refractivity contribution in [2.45, 2.75) is 24.5 Å². The number of phenolic OH excluding ortho intramolecular Hbond substituents is 2. The number of carbonyl (C=O) groups excluding carboxylic acids is 3. The number of fused-ring (bicyclic) bond motifs is 3. The number of ether oxygens (including phenoxy) is 1. The molecule has 5 N–H and O–H groups in total. The Bertz CT molecular complexity index is 1130. The molecule has 0 saturated carbocycles. The molecule has 30 heavy (non-hydrogen) atoms. The van der Waals surface area contributed by atoms with Gasteiger partial charge < -0.3 is 30.3 Å². The Morgan fingerprint density at radius 1 is 1.13 bits per heavy atom. The molecule has 0 heterocycles. The first-order valence-corrected chi connectivity index (χ1v) is 9.08. The van der Waals surface area contributed by atoms with Crippen LogP contribution in [0.5, 0.6) is 17.2 Å². The number of aromatic hydroxyl groups is 2. The molecule has 9 heteroatoms. The summed E-state index contributed by atoms with van der Waals surface area (Å²) in [7, 11) is 1.32. The number of phenols is 2. The fraction of sp³-hybridized carbons (Fsp3) is 0.286. The van der Waals surface area contributed by atoms with Crippen LogP contribution in [0, 0.1) is 0 Å². The van der Waals surface area contributed by atoms with Gasteiger partial charge in [-0.15, -0.1) is 0 Å². The van der Waals surface area contributed by atoms with Crippen molar-refractivity contribution in [3.63, 3.8) is 0 Å². The Labute approximate surface area is 169 Å². The van der Waals surface area contributed by atoms with Crippen LogP contribution in [0.2, 0.25) is 0 Å². The lowest BCUT2D eigenvalue weighted by Crippen LogP contribution is -2.47. The van der Waals surface area contributed by atoms with Crippen LogP contribution in [0.4, 0.5) is 0 Å². The summed E-state index contributed by atoms with van der Waals surface area (Å²) in [6.45, 7) is -0.999. The first-order valence-electron chi connectivity index (χ1n) is 9.08. The maximum atomic E-state index is 13.2. The third kappa shape index (κ3) is 2.49. The van der Waals surface area contributed by atoms with Crippen molar-refractivity contribution < 1.29 is 44.7 Å². The highest BCUT2D eigenvalue weighted by molar-refractivity contribution is 6.31. The molecule has 2 atom stereocenters. The zero-order chi connectivity index (χ0) is 22.0. The number of methoxy groups -OCH3 is 1. The maximum Gasteiger partial charge on any atom is 0.202 e. The fourth-order valence-corrected chi connectivity index (χ4v) is 4.30. The van der Waals surface area contributed by atoms with Crippen molar-refractivity contribution >= 4 is 17.3 Å². The zero-order valence-electron chi connectivity index (χ0n) is 15.8. The van der Waals surface area contributed by atoms with Gasteiger partial charge in [-0.3, -0.25) is 14.4 Å². The predicted molar refractivity (Wildman–Crippen MR) is 100.0 cm³/mol. The Morgan fingerprint density at radius 3 is 2.43 bits per heavy atom. The molecule has 2 aromatic carbocycles. The second kappa shape index (κ2) is 6.63. The molecule has 9 nitrogen and oxygen atoms in total. The zero-order valence-corrected chi connectivity index (χ0v) is 15.8. The van der Waals surface area contributed by atoms with E-state index in [1.54, 1.807) is 0 Å². The van der Waals surface area contributed by atoms with Crippen molar-refractivity contribution in [3.8, 4) is 17.2 Å². The van der Waals surface area contributed by atoms with E-state index >= 15 is 0 Å². The van der Waals surface area contributed by atoms with Crippen LogP contribution < -0.4 is 4.74 Å². The molecule has 1 unspecified atom stereocenters. The summed E-state index contributed by atoms with van der Waals surface area (Å²) in [6.07, 6.45) is -2.75. The van der Waals surface area contributed by atoms with Gasteiger partial charge in [-0.05, 0) is 6.07 Å². The van der Waals surface area contributed by atoms with Gasteiger partial charge in [-0.25, -0.2) is 0 Å². The highest BCUT2D eigenvalue weighted by Crippen LogP contribution is 2.50. The largest absolute Gasteiger partial charge is 0.507 e. The number of hydrogen-bond donors (Lipinski definition) is 5. The van der Waals surface area contributed by atoms with Gasteiger partial charge in [0.05, 0.1) is 29.9 Å². The topological polar surface area (TPSA) is 162 Å². The van der Waals surface area contributed by atoms with Crippen LogP contribution >= 0.6 is 0 Å². The van der Waals surface area contributed by atoms with Crippen molar-refractivity contribution in [2.24, 2.45) is 0 Å².